The third-order valence-electron chi connectivity index (χ3n) is 5.16. The molecule has 0 atom stereocenters. The average Bonchev–Trinajstić information content (AvgIpc) is 3.43. The zero-order valence-electron chi connectivity index (χ0n) is 16.0. The van der Waals surface area contributed by atoms with Crippen molar-refractivity contribution >= 4 is 22.1 Å². The van der Waals surface area contributed by atoms with E-state index in [1.165, 1.54) is 12.1 Å². The number of nitrogens with one attached hydrogen (secondary N) is 2. The lowest BCUT2D eigenvalue weighted by Crippen LogP contribution is -1.86. The molecule has 5 heterocycles. The van der Waals surface area contributed by atoms with Crippen LogP contribution >= 0.6 is 0 Å². The van der Waals surface area contributed by atoms with E-state index in [0.717, 1.165) is 38.8 Å². The predicted molar refractivity (Wildman–Crippen MR) is 115 cm³/mol. The fraction of sp³-hybridized carbons (Fsp3) is 0. The summed E-state index contributed by atoms with van der Waals surface area (Å²) >= 11 is 0. The minimum absolute atomic E-state index is 0.295. The van der Waals surface area contributed by atoms with Crippen LogP contribution in [0.4, 0.5) is 4.39 Å². The number of H-pyrrole nitrogens is 2. The summed E-state index contributed by atoms with van der Waals surface area (Å²) in [6.07, 6.45) is 6.90. The lowest BCUT2D eigenvalue weighted by molar-refractivity contribution is 0.628. The Morgan fingerprint density at radius 3 is 2.68 bits per heavy atom. The minimum Gasteiger partial charge on any atom is -0.335 e. The normalized spacial score (nSPS) is 11.4. The fourth-order valence-electron chi connectivity index (χ4n) is 3.69. The van der Waals surface area contributed by atoms with Gasteiger partial charge in [0.15, 0.2) is 11.5 Å². The molecule has 2 N–H and O–H groups in total. The Balaban J connectivity index is 1.52. The van der Waals surface area contributed by atoms with Gasteiger partial charge in [0.1, 0.15) is 11.5 Å². The summed E-state index contributed by atoms with van der Waals surface area (Å²) in [6.45, 7) is 0. The Bertz CT molecular complexity index is 1550. The molecule has 0 unspecified atom stereocenters. The summed E-state index contributed by atoms with van der Waals surface area (Å²) in [6, 6.07) is 14.1. The summed E-state index contributed by atoms with van der Waals surface area (Å²) in [4.78, 5) is 21.0. The lowest BCUT2D eigenvalue weighted by Gasteiger charge is -2.02. The molecule has 148 valence electrons. The van der Waals surface area contributed by atoms with Crippen LogP contribution in [0.15, 0.2) is 73.3 Å². The fourth-order valence-corrected chi connectivity index (χ4v) is 3.69. The topological polar surface area (TPSA) is 96.0 Å². The van der Waals surface area contributed by atoms with Crippen LogP contribution in [-0.4, -0.2) is 35.1 Å². The highest BCUT2D eigenvalue weighted by Crippen LogP contribution is 2.31. The van der Waals surface area contributed by atoms with Gasteiger partial charge in [0.05, 0.1) is 22.9 Å². The molecule has 0 aliphatic carbocycles. The van der Waals surface area contributed by atoms with E-state index >= 15 is 0 Å². The Hall–Kier alpha value is -4.46. The van der Waals surface area contributed by atoms with Gasteiger partial charge in [-0.25, -0.2) is 14.4 Å². The van der Waals surface area contributed by atoms with Crippen LogP contribution in [0, 0.1) is 5.82 Å². The summed E-state index contributed by atoms with van der Waals surface area (Å²) in [7, 11) is 0. The van der Waals surface area contributed by atoms with Gasteiger partial charge in [-0.1, -0.05) is 12.1 Å². The van der Waals surface area contributed by atoms with E-state index in [4.69, 9.17) is 0 Å². The van der Waals surface area contributed by atoms with Crippen molar-refractivity contribution in [3.05, 3.63) is 79.1 Å². The van der Waals surface area contributed by atoms with Gasteiger partial charge in [0.25, 0.3) is 0 Å². The lowest BCUT2D eigenvalue weighted by atomic mass is 10.1. The van der Waals surface area contributed by atoms with Crippen molar-refractivity contribution in [2.24, 2.45) is 0 Å². The largest absolute Gasteiger partial charge is 0.335 e. The highest BCUT2D eigenvalue weighted by Gasteiger charge is 2.16. The van der Waals surface area contributed by atoms with Gasteiger partial charge >= 0.3 is 0 Å². The summed E-state index contributed by atoms with van der Waals surface area (Å²) < 4.78 is 13.8. The van der Waals surface area contributed by atoms with Gasteiger partial charge in [-0.3, -0.25) is 15.1 Å². The first kappa shape index (κ1) is 17.4. The van der Waals surface area contributed by atoms with Gasteiger partial charge in [-0.15, -0.1) is 0 Å². The first-order valence-corrected chi connectivity index (χ1v) is 9.62. The van der Waals surface area contributed by atoms with Gasteiger partial charge in [-0.2, -0.15) is 5.10 Å². The van der Waals surface area contributed by atoms with Crippen LogP contribution < -0.4 is 0 Å². The molecule has 7 nitrogen and oxygen atoms in total. The molecule has 0 aliphatic heterocycles. The van der Waals surface area contributed by atoms with Gasteiger partial charge < -0.3 is 4.98 Å². The van der Waals surface area contributed by atoms with Crippen molar-refractivity contribution in [3.8, 4) is 33.9 Å². The standard InChI is InChI=1S/C23H14FN7/c24-15-5-1-3-13(9-15)16-6-8-26-22-20(16)28-23(29-22)21-17-10-18(14-4-2-7-25-11-14)27-12-19(17)30-31-21/h1-12H,(H,30,31)(H,26,28,29). The molecular weight excluding hydrogens is 393 g/mol. The van der Waals surface area contributed by atoms with Crippen molar-refractivity contribution in [1.82, 2.24) is 35.1 Å². The predicted octanol–water partition coefficient (Wildman–Crippen LogP) is 4.76. The molecule has 0 amide bonds. The number of halogens is 1. The van der Waals surface area contributed by atoms with Crippen molar-refractivity contribution in [2.45, 2.75) is 0 Å². The Kier molecular flexibility index (Phi) is 3.82. The highest BCUT2D eigenvalue weighted by molar-refractivity contribution is 5.96. The number of hydrogen-bond donors (Lipinski definition) is 2. The average molecular weight is 407 g/mol. The van der Waals surface area contributed by atoms with E-state index in [2.05, 4.69) is 35.1 Å². The molecule has 5 aromatic heterocycles. The van der Waals surface area contributed by atoms with Crippen molar-refractivity contribution in [3.63, 3.8) is 0 Å². The molecule has 0 saturated carbocycles. The molecule has 0 fully saturated rings. The second kappa shape index (κ2) is 6.81. The molecule has 0 bridgehead atoms. The first-order chi connectivity index (χ1) is 15.3. The number of fused-ring (bicyclic) bond motifs is 2. The number of nitrogens with zero attached hydrogens (tertiary/aromatic N) is 5. The zero-order chi connectivity index (χ0) is 20.8. The molecule has 1 aromatic carbocycles. The van der Waals surface area contributed by atoms with E-state index in [1.54, 1.807) is 30.9 Å². The van der Waals surface area contributed by atoms with Crippen LogP contribution in [0.2, 0.25) is 0 Å². The maximum absolute atomic E-state index is 13.8. The summed E-state index contributed by atoms with van der Waals surface area (Å²) in [5.74, 6) is 0.275. The molecule has 6 aromatic rings. The smallest absolute Gasteiger partial charge is 0.178 e. The van der Waals surface area contributed by atoms with Gasteiger partial charge in [-0.05, 0) is 42.0 Å². The Morgan fingerprint density at radius 1 is 0.871 bits per heavy atom. The molecular formula is C23H14FN7. The summed E-state index contributed by atoms with van der Waals surface area (Å²) in [5.41, 5.74) is 5.98. The van der Waals surface area contributed by atoms with Crippen molar-refractivity contribution < 1.29 is 4.39 Å². The van der Waals surface area contributed by atoms with E-state index in [-0.39, 0.29) is 5.82 Å². The van der Waals surface area contributed by atoms with E-state index in [9.17, 15) is 4.39 Å². The molecule has 6 rings (SSSR count). The van der Waals surface area contributed by atoms with Crippen molar-refractivity contribution in [2.75, 3.05) is 0 Å². The molecule has 0 spiro atoms. The SMILES string of the molecule is Fc1cccc(-c2ccnc3nc(-c4n[nH]c5cnc(-c6cccnc6)cc45)[nH]c23)c1. The highest BCUT2D eigenvalue weighted by atomic mass is 19.1. The van der Waals surface area contributed by atoms with Gasteiger partial charge in [0.2, 0.25) is 0 Å². The molecule has 0 aliphatic rings. The third-order valence-corrected chi connectivity index (χ3v) is 5.16. The number of rotatable bonds is 3. The van der Waals surface area contributed by atoms with Crippen LogP contribution in [0.25, 0.3) is 56.0 Å². The maximum atomic E-state index is 13.8. The van der Waals surface area contributed by atoms with Crippen LogP contribution in [-0.2, 0) is 0 Å². The van der Waals surface area contributed by atoms with E-state index in [0.29, 0.717) is 17.2 Å². The quantitative estimate of drug-likeness (QED) is 0.441. The van der Waals surface area contributed by atoms with E-state index in [1.807, 2.05) is 30.3 Å². The molecule has 0 saturated heterocycles. The first-order valence-electron chi connectivity index (χ1n) is 9.62. The Morgan fingerprint density at radius 2 is 1.81 bits per heavy atom. The molecule has 31 heavy (non-hydrogen) atoms. The number of hydrogen-bond acceptors (Lipinski definition) is 5. The van der Waals surface area contributed by atoms with Crippen LogP contribution in [0.1, 0.15) is 0 Å². The second-order valence-corrected chi connectivity index (χ2v) is 7.08. The molecule has 0 radical (unpaired) electrons. The monoisotopic (exact) mass is 407 g/mol. The molecule has 8 heteroatoms. The number of pyridine rings is 3. The van der Waals surface area contributed by atoms with Crippen molar-refractivity contribution in [1.29, 1.82) is 0 Å². The van der Waals surface area contributed by atoms with Crippen LogP contribution in [0.3, 0.4) is 0 Å². The zero-order valence-corrected chi connectivity index (χ0v) is 16.0. The van der Waals surface area contributed by atoms with E-state index < -0.39 is 0 Å². The number of aromatic amines is 2. The third kappa shape index (κ3) is 2.93. The Labute approximate surface area is 175 Å². The second-order valence-electron chi connectivity index (χ2n) is 7.08. The number of imidazole rings is 1. The number of benzene rings is 1. The summed E-state index contributed by atoms with van der Waals surface area (Å²) in [5, 5.41) is 8.33. The number of aromatic nitrogens is 7. The maximum Gasteiger partial charge on any atom is 0.178 e. The van der Waals surface area contributed by atoms with Crippen LogP contribution in [0.5, 0.6) is 0 Å². The van der Waals surface area contributed by atoms with Gasteiger partial charge in [0, 0.05) is 35.1 Å². The minimum atomic E-state index is -0.295.